The summed E-state index contributed by atoms with van der Waals surface area (Å²) in [4.78, 5) is 3.89. The largest absolute Gasteiger partial charge is 0.326 e. The van der Waals surface area contributed by atoms with Crippen molar-refractivity contribution in [3.05, 3.63) is 21.3 Å². The molecule has 0 spiro atoms. The molecular weight excluding hydrogens is 288 g/mol. The number of unbranched alkanes of at least 4 members (excludes halogenated alkanes) is 1. The standard InChI is InChI=1S/C16H29ClN2S/c1-5-8-11-19(12(4)6-2)16(13(18)7-3)14-9-10-15(17)20-14/h9-10,12-13,16H,5-8,11,18H2,1-4H3. The maximum atomic E-state index is 6.45. The van der Waals surface area contributed by atoms with Crippen LogP contribution >= 0.6 is 22.9 Å². The van der Waals surface area contributed by atoms with Crippen LogP contribution in [0.25, 0.3) is 0 Å². The van der Waals surface area contributed by atoms with Gasteiger partial charge in [0.25, 0.3) is 0 Å². The Balaban J connectivity index is 3.03. The minimum absolute atomic E-state index is 0.163. The van der Waals surface area contributed by atoms with Crippen molar-refractivity contribution in [1.29, 1.82) is 0 Å². The molecule has 0 amide bonds. The third kappa shape index (κ3) is 4.73. The molecule has 3 unspecified atom stereocenters. The fraction of sp³-hybridized carbons (Fsp3) is 0.750. The van der Waals surface area contributed by atoms with Crippen LogP contribution in [0.4, 0.5) is 0 Å². The Morgan fingerprint density at radius 1 is 1.25 bits per heavy atom. The number of rotatable bonds is 9. The molecular formula is C16H29ClN2S. The van der Waals surface area contributed by atoms with Gasteiger partial charge in [-0.3, -0.25) is 4.90 Å². The van der Waals surface area contributed by atoms with Gasteiger partial charge in [-0.2, -0.15) is 0 Å². The van der Waals surface area contributed by atoms with Crippen molar-refractivity contribution < 1.29 is 0 Å². The van der Waals surface area contributed by atoms with E-state index in [1.807, 2.05) is 6.07 Å². The van der Waals surface area contributed by atoms with E-state index in [1.54, 1.807) is 11.3 Å². The molecule has 1 rings (SSSR count). The zero-order valence-electron chi connectivity index (χ0n) is 13.2. The summed E-state index contributed by atoms with van der Waals surface area (Å²) in [6.45, 7) is 10.1. The van der Waals surface area contributed by atoms with E-state index >= 15 is 0 Å². The van der Waals surface area contributed by atoms with Crippen LogP contribution in [-0.4, -0.2) is 23.5 Å². The van der Waals surface area contributed by atoms with Crippen LogP contribution < -0.4 is 5.73 Å². The second-order valence-corrected chi connectivity index (χ2v) is 7.25. The molecule has 1 aromatic heterocycles. The zero-order chi connectivity index (χ0) is 15.1. The van der Waals surface area contributed by atoms with E-state index in [4.69, 9.17) is 17.3 Å². The second kappa shape index (κ2) is 9.04. The Bertz CT molecular complexity index is 380. The highest BCUT2D eigenvalue weighted by molar-refractivity contribution is 7.16. The van der Waals surface area contributed by atoms with Crippen LogP contribution in [-0.2, 0) is 0 Å². The number of hydrogen-bond acceptors (Lipinski definition) is 3. The molecule has 3 atom stereocenters. The maximum Gasteiger partial charge on any atom is 0.0931 e. The SMILES string of the molecule is CCCCN(C(C)CC)C(c1ccc(Cl)s1)C(N)CC. The summed E-state index contributed by atoms with van der Waals surface area (Å²) < 4.78 is 0.855. The van der Waals surface area contributed by atoms with Gasteiger partial charge in [0.05, 0.1) is 10.4 Å². The molecule has 0 saturated carbocycles. The highest BCUT2D eigenvalue weighted by Crippen LogP contribution is 2.34. The van der Waals surface area contributed by atoms with Gasteiger partial charge in [-0.05, 0) is 44.9 Å². The van der Waals surface area contributed by atoms with Gasteiger partial charge < -0.3 is 5.73 Å². The van der Waals surface area contributed by atoms with Crippen molar-refractivity contribution in [2.45, 2.75) is 71.5 Å². The van der Waals surface area contributed by atoms with Gasteiger partial charge in [0, 0.05) is 17.0 Å². The molecule has 1 aromatic rings. The Morgan fingerprint density at radius 2 is 1.95 bits per heavy atom. The van der Waals surface area contributed by atoms with Crippen LogP contribution in [0.1, 0.15) is 64.3 Å². The molecule has 4 heteroatoms. The zero-order valence-corrected chi connectivity index (χ0v) is 14.8. The van der Waals surface area contributed by atoms with Crippen molar-refractivity contribution in [1.82, 2.24) is 4.90 Å². The number of nitrogens with zero attached hydrogens (tertiary/aromatic N) is 1. The molecule has 1 heterocycles. The van der Waals surface area contributed by atoms with Gasteiger partial charge in [-0.1, -0.05) is 38.8 Å². The summed E-state index contributed by atoms with van der Waals surface area (Å²) in [5.74, 6) is 0. The Hall–Kier alpha value is -0.0900. The van der Waals surface area contributed by atoms with Crippen LogP contribution in [0.3, 0.4) is 0 Å². The summed E-state index contributed by atoms with van der Waals surface area (Å²) >= 11 is 7.81. The second-order valence-electron chi connectivity index (χ2n) is 5.51. The lowest BCUT2D eigenvalue weighted by Gasteiger charge is -2.38. The molecule has 0 fully saturated rings. The maximum absolute atomic E-state index is 6.45. The Labute approximate surface area is 133 Å². The van der Waals surface area contributed by atoms with E-state index in [0.717, 1.165) is 23.7 Å². The van der Waals surface area contributed by atoms with E-state index in [-0.39, 0.29) is 6.04 Å². The molecule has 20 heavy (non-hydrogen) atoms. The number of nitrogens with two attached hydrogens (primary N) is 1. The van der Waals surface area contributed by atoms with Crippen LogP contribution in [0.2, 0.25) is 4.34 Å². The topological polar surface area (TPSA) is 29.3 Å². The van der Waals surface area contributed by atoms with E-state index in [2.05, 4.69) is 38.7 Å². The predicted octanol–water partition coefficient (Wildman–Crippen LogP) is 5.08. The first kappa shape index (κ1) is 18.0. The van der Waals surface area contributed by atoms with Gasteiger partial charge in [0.1, 0.15) is 0 Å². The highest BCUT2D eigenvalue weighted by Gasteiger charge is 2.29. The average molecular weight is 317 g/mol. The third-order valence-electron chi connectivity index (χ3n) is 4.05. The molecule has 0 saturated heterocycles. The van der Waals surface area contributed by atoms with Crippen LogP contribution in [0.5, 0.6) is 0 Å². The van der Waals surface area contributed by atoms with Crippen molar-refractivity contribution in [2.75, 3.05) is 6.54 Å². The van der Waals surface area contributed by atoms with E-state index < -0.39 is 0 Å². The molecule has 0 aliphatic heterocycles. The average Bonchev–Trinajstić information content (AvgIpc) is 2.87. The predicted molar refractivity (Wildman–Crippen MR) is 91.7 cm³/mol. The van der Waals surface area contributed by atoms with E-state index in [9.17, 15) is 0 Å². The number of thiophene rings is 1. The van der Waals surface area contributed by atoms with Gasteiger partial charge in [0.15, 0.2) is 0 Å². The first-order valence-electron chi connectivity index (χ1n) is 7.81. The first-order valence-corrected chi connectivity index (χ1v) is 9.01. The summed E-state index contributed by atoms with van der Waals surface area (Å²) in [6.07, 6.45) is 4.57. The Kier molecular flexibility index (Phi) is 8.11. The molecule has 0 aliphatic rings. The molecule has 0 aromatic carbocycles. The third-order valence-corrected chi connectivity index (χ3v) is 5.35. The van der Waals surface area contributed by atoms with Gasteiger partial charge >= 0.3 is 0 Å². The summed E-state index contributed by atoms with van der Waals surface area (Å²) in [6, 6.07) is 5.14. The van der Waals surface area contributed by atoms with E-state index in [0.29, 0.717) is 12.1 Å². The minimum atomic E-state index is 0.163. The van der Waals surface area contributed by atoms with Gasteiger partial charge in [-0.25, -0.2) is 0 Å². The first-order chi connectivity index (χ1) is 9.54. The molecule has 0 radical (unpaired) electrons. The minimum Gasteiger partial charge on any atom is -0.326 e. The fourth-order valence-electron chi connectivity index (χ4n) is 2.54. The van der Waals surface area contributed by atoms with E-state index in [1.165, 1.54) is 17.7 Å². The van der Waals surface area contributed by atoms with Crippen molar-refractivity contribution in [3.8, 4) is 0 Å². The summed E-state index contributed by atoms with van der Waals surface area (Å²) in [7, 11) is 0. The Morgan fingerprint density at radius 3 is 2.40 bits per heavy atom. The van der Waals surface area contributed by atoms with Crippen molar-refractivity contribution >= 4 is 22.9 Å². The van der Waals surface area contributed by atoms with Crippen LogP contribution in [0, 0.1) is 0 Å². The van der Waals surface area contributed by atoms with Gasteiger partial charge in [0.2, 0.25) is 0 Å². The van der Waals surface area contributed by atoms with Crippen molar-refractivity contribution in [3.63, 3.8) is 0 Å². The smallest absolute Gasteiger partial charge is 0.0931 e. The molecule has 2 N–H and O–H groups in total. The fourth-order valence-corrected chi connectivity index (χ4v) is 3.80. The lowest BCUT2D eigenvalue weighted by atomic mass is 10.00. The lowest BCUT2D eigenvalue weighted by molar-refractivity contribution is 0.118. The van der Waals surface area contributed by atoms with Crippen LogP contribution in [0.15, 0.2) is 12.1 Å². The molecule has 0 bridgehead atoms. The normalized spacial score (nSPS) is 16.4. The summed E-state index contributed by atoms with van der Waals surface area (Å²) in [5.41, 5.74) is 6.45. The molecule has 116 valence electrons. The number of hydrogen-bond donors (Lipinski definition) is 1. The quantitative estimate of drug-likeness (QED) is 0.688. The number of halogens is 1. The summed E-state index contributed by atoms with van der Waals surface area (Å²) in [5, 5.41) is 0. The lowest BCUT2D eigenvalue weighted by Crippen LogP contribution is -2.45. The molecule has 0 aliphatic carbocycles. The molecule has 2 nitrogen and oxygen atoms in total. The van der Waals surface area contributed by atoms with Gasteiger partial charge in [-0.15, -0.1) is 11.3 Å². The highest BCUT2D eigenvalue weighted by atomic mass is 35.5. The van der Waals surface area contributed by atoms with Crippen molar-refractivity contribution in [2.24, 2.45) is 5.73 Å². The monoisotopic (exact) mass is 316 g/mol.